The van der Waals surface area contributed by atoms with Crippen LogP contribution in [-0.4, -0.2) is 11.6 Å². The van der Waals surface area contributed by atoms with Crippen LogP contribution in [0.3, 0.4) is 0 Å². The highest BCUT2D eigenvalue weighted by Gasteiger charge is 2.04. The number of aromatic nitrogens is 1. The van der Waals surface area contributed by atoms with Gasteiger partial charge in [-0.3, -0.25) is 0 Å². The van der Waals surface area contributed by atoms with Crippen molar-refractivity contribution in [3.8, 4) is 22.4 Å². The van der Waals surface area contributed by atoms with Gasteiger partial charge in [-0.2, -0.15) is 5.26 Å². The second-order valence-corrected chi connectivity index (χ2v) is 5.24. The largest absolute Gasteiger partial charge is 0.493 e. The third-order valence-corrected chi connectivity index (χ3v) is 3.19. The van der Waals surface area contributed by atoms with Crippen molar-refractivity contribution in [3.63, 3.8) is 0 Å². The number of hydrogen-bond acceptors (Lipinski definition) is 4. The van der Waals surface area contributed by atoms with Gasteiger partial charge < -0.3 is 4.74 Å². The van der Waals surface area contributed by atoms with E-state index in [1.165, 1.54) is 11.3 Å². The van der Waals surface area contributed by atoms with Gasteiger partial charge in [0, 0.05) is 10.9 Å². The highest BCUT2D eigenvalue weighted by molar-refractivity contribution is 7.13. The summed E-state index contributed by atoms with van der Waals surface area (Å²) in [7, 11) is 0. The Kier molecular flexibility index (Phi) is 3.96. The van der Waals surface area contributed by atoms with Gasteiger partial charge in [-0.1, -0.05) is 13.8 Å². The molecule has 0 aliphatic heterocycles. The molecule has 1 aromatic carbocycles. The minimum Gasteiger partial charge on any atom is -0.493 e. The summed E-state index contributed by atoms with van der Waals surface area (Å²) in [5, 5.41) is 11.4. The van der Waals surface area contributed by atoms with E-state index in [1.807, 2.05) is 30.3 Å². The first kappa shape index (κ1) is 12.6. The van der Waals surface area contributed by atoms with E-state index in [1.54, 1.807) is 5.38 Å². The molecule has 0 spiro atoms. The van der Waals surface area contributed by atoms with Gasteiger partial charge in [-0.25, -0.2) is 4.98 Å². The average molecular weight is 258 g/mol. The number of ether oxygens (including phenoxy) is 1. The van der Waals surface area contributed by atoms with E-state index in [4.69, 9.17) is 10.00 Å². The van der Waals surface area contributed by atoms with Crippen molar-refractivity contribution in [2.75, 3.05) is 6.61 Å². The summed E-state index contributed by atoms with van der Waals surface area (Å²) in [6, 6.07) is 9.84. The van der Waals surface area contributed by atoms with Crippen LogP contribution in [0.15, 0.2) is 29.6 Å². The summed E-state index contributed by atoms with van der Waals surface area (Å²) in [6.07, 6.45) is 0. The van der Waals surface area contributed by atoms with Gasteiger partial charge in [0.2, 0.25) is 0 Å². The van der Waals surface area contributed by atoms with E-state index >= 15 is 0 Å². The third-order valence-electron chi connectivity index (χ3n) is 2.30. The fourth-order valence-corrected chi connectivity index (χ4v) is 2.17. The maximum Gasteiger partial charge on any atom is 0.152 e. The van der Waals surface area contributed by atoms with Crippen LogP contribution in [0, 0.1) is 17.2 Å². The van der Waals surface area contributed by atoms with Crippen LogP contribution in [-0.2, 0) is 0 Å². The van der Waals surface area contributed by atoms with Crippen molar-refractivity contribution >= 4 is 11.3 Å². The summed E-state index contributed by atoms with van der Waals surface area (Å²) in [6.45, 7) is 4.95. The molecule has 2 rings (SSSR count). The molecule has 0 saturated carbocycles. The molecule has 1 aromatic heterocycles. The molecule has 92 valence electrons. The Bertz CT molecular complexity index is 552. The van der Waals surface area contributed by atoms with Crippen molar-refractivity contribution in [2.45, 2.75) is 13.8 Å². The van der Waals surface area contributed by atoms with E-state index < -0.39 is 0 Å². The zero-order valence-electron chi connectivity index (χ0n) is 10.4. The molecule has 0 unspecified atom stereocenters. The molecule has 18 heavy (non-hydrogen) atoms. The molecular formula is C14H14N2OS. The fraction of sp³-hybridized carbons (Fsp3) is 0.286. The predicted octanol–water partition coefficient (Wildman–Crippen LogP) is 3.72. The van der Waals surface area contributed by atoms with Gasteiger partial charge >= 0.3 is 0 Å². The lowest BCUT2D eigenvalue weighted by atomic mass is 10.2. The van der Waals surface area contributed by atoms with Gasteiger partial charge in [0.05, 0.1) is 6.61 Å². The third kappa shape index (κ3) is 3.08. The predicted molar refractivity (Wildman–Crippen MR) is 72.6 cm³/mol. The molecule has 2 aromatic rings. The van der Waals surface area contributed by atoms with Crippen LogP contribution in [0.1, 0.15) is 19.5 Å². The van der Waals surface area contributed by atoms with E-state index in [0.717, 1.165) is 22.9 Å². The molecule has 0 atom stereocenters. The highest BCUT2D eigenvalue weighted by atomic mass is 32.1. The molecule has 0 fully saturated rings. The number of rotatable bonds is 4. The second kappa shape index (κ2) is 5.65. The van der Waals surface area contributed by atoms with Gasteiger partial charge in [0.25, 0.3) is 0 Å². The molecular weight excluding hydrogens is 244 g/mol. The first-order valence-corrected chi connectivity index (χ1v) is 6.66. The maximum atomic E-state index is 8.74. The quantitative estimate of drug-likeness (QED) is 0.839. The number of nitrogens with zero attached hydrogens (tertiary/aromatic N) is 2. The minimum atomic E-state index is 0.468. The Hall–Kier alpha value is -1.86. The zero-order chi connectivity index (χ0) is 13.0. The molecule has 0 N–H and O–H groups in total. The smallest absolute Gasteiger partial charge is 0.152 e. The lowest BCUT2D eigenvalue weighted by molar-refractivity contribution is 0.271. The molecule has 0 aliphatic rings. The topological polar surface area (TPSA) is 45.9 Å². The first-order chi connectivity index (χ1) is 8.69. The van der Waals surface area contributed by atoms with Crippen molar-refractivity contribution in [3.05, 3.63) is 35.3 Å². The standard InChI is InChI=1S/C14H14N2OS/c1-10(2)8-17-13-5-3-11(4-6-13)14-16-12(7-15)9-18-14/h3-6,9-10H,8H2,1-2H3. The molecule has 0 radical (unpaired) electrons. The SMILES string of the molecule is CC(C)COc1ccc(-c2nc(C#N)cs2)cc1. The zero-order valence-corrected chi connectivity index (χ0v) is 11.2. The van der Waals surface area contributed by atoms with Gasteiger partial charge in [-0.05, 0) is 30.2 Å². The Morgan fingerprint density at radius 3 is 2.61 bits per heavy atom. The van der Waals surface area contributed by atoms with Crippen molar-refractivity contribution in [1.82, 2.24) is 4.98 Å². The summed E-state index contributed by atoms with van der Waals surface area (Å²) >= 11 is 1.48. The monoisotopic (exact) mass is 258 g/mol. The lowest BCUT2D eigenvalue weighted by Crippen LogP contribution is -2.04. The van der Waals surface area contributed by atoms with Crippen LogP contribution in [0.5, 0.6) is 5.75 Å². The molecule has 0 amide bonds. The summed E-state index contributed by atoms with van der Waals surface area (Å²) in [5.74, 6) is 1.38. The Labute approximate surface area is 111 Å². The molecule has 1 heterocycles. The summed E-state index contributed by atoms with van der Waals surface area (Å²) in [4.78, 5) is 4.22. The van der Waals surface area contributed by atoms with Crippen molar-refractivity contribution in [2.24, 2.45) is 5.92 Å². The van der Waals surface area contributed by atoms with Gasteiger partial charge in [0.1, 0.15) is 16.8 Å². The molecule has 0 aliphatic carbocycles. The number of benzene rings is 1. The van der Waals surface area contributed by atoms with E-state index in [0.29, 0.717) is 11.6 Å². The number of thiazole rings is 1. The van der Waals surface area contributed by atoms with E-state index in [-0.39, 0.29) is 0 Å². The fourth-order valence-electron chi connectivity index (χ4n) is 1.41. The Morgan fingerprint density at radius 1 is 1.33 bits per heavy atom. The number of hydrogen-bond donors (Lipinski definition) is 0. The van der Waals surface area contributed by atoms with Crippen LogP contribution in [0.4, 0.5) is 0 Å². The molecule has 0 saturated heterocycles. The minimum absolute atomic E-state index is 0.468. The number of nitriles is 1. The Balaban J connectivity index is 2.10. The van der Waals surface area contributed by atoms with Crippen LogP contribution in [0.2, 0.25) is 0 Å². The van der Waals surface area contributed by atoms with Gasteiger partial charge in [-0.15, -0.1) is 11.3 Å². The van der Waals surface area contributed by atoms with Crippen LogP contribution < -0.4 is 4.74 Å². The lowest BCUT2D eigenvalue weighted by Gasteiger charge is -2.08. The van der Waals surface area contributed by atoms with Crippen LogP contribution in [0.25, 0.3) is 10.6 Å². The summed E-state index contributed by atoms with van der Waals surface area (Å²) < 4.78 is 5.62. The van der Waals surface area contributed by atoms with E-state index in [2.05, 4.69) is 18.8 Å². The normalized spacial score (nSPS) is 10.3. The average Bonchev–Trinajstić information content (AvgIpc) is 2.85. The maximum absolute atomic E-state index is 8.74. The second-order valence-electron chi connectivity index (χ2n) is 4.38. The highest BCUT2D eigenvalue weighted by Crippen LogP contribution is 2.25. The van der Waals surface area contributed by atoms with Crippen LogP contribution >= 0.6 is 11.3 Å². The van der Waals surface area contributed by atoms with Gasteiger partial charge in [0.15, 0.2) is 5.69 Å². The Morgan fingerprint density at radius 2 is 2.06 bits per heavy atom. The molecule has 3 nitrogen and oxygen atoms in total. The van der Waals surface area contributed by atoms with Crippen molar-refractivity contribution < 1.29 is 4.74 Å². The summed E-state index contributed by atoms with van der Waals surface area (Å²) in [5.41, 5.74) is 1.48. The van der Waals surface area contributed by atoms with Crippen molar-refractivity contribution in [1.29, 1.82) is 5.26 Å². The molecule has 4 heteroatoms. The van der Waals surface area contributed by atoms with E-state index in [9.17, 15) is 0 Å². The molecule has 0 bridgehead atoms. The first-order valence-electron chi connectivity index (χ1n) is 5.78.